The Hall–Kier alpha value is -1.39. The van der Waals surface area contributed by atoms with Crippen LogP contribution in [0.5, 0.6) is 0 Å². The van der Waals surface area contributed by atoms with E-state index >= 15 is 0 Å². The number of hydrogen-bond donors (Lipinski definition) is 0. The summed E-state index contributed by atoms with van der Waals surface area (Å²) in [6, 6.07) is 0. The lowest BCUT2D eigenvalue weighted by Gasteiger charge is -2.39. The van der Waals surface area contributed by atoms with Crippen LogP contribution in [-0.4, -0.2) is 35.8 Å². The van der Waals surface area contributed by atoms with Crippen molar-refractivity contribution in [3.63, 3.8) is 0 Å². The number of ether oxygens (including phenoxy) is 1. The molecule has 15 heavy (non-hydrogen) atoms. The van der Waals surface area contributed by atoms with Gasteiger partial charge in [0, 0.05) is 26.3 Å². The van der Waals surface area contributed by atoms with Gasteiger partial charge in [-0.25, -0.2) is 0 Å². The van der Waals surface area contributed by atoms with Crippen molar-refractivity contribution in [2.45, 2.75) is 20.8 Å². The van der Waals surface area contributed by atoms with Gasteiger partial charge in [0.05, 0.1) is 12.5 Å². The molecule has 0 aliphatic carbocycles. The van der Waals surface area contributed by atoms with Gasteiger partial charge in [0.2, 0.25) is 11.8 Å². The first-order valence-electron chi connectivity index (χ1n) is 4.88. The molecule has 0 saturated carbocycles. The van der Waals surface area contributed by atoms with E-state index in [1.807, 2.05) is 6.92 Å². The minimum Gasteiger partial charge on any atom is -0.466 e. The van der Waals surface area contributed by atoms with Gasteiger partial charge in [0.1, 0.15) is 0 Å². The van der Waals surface area contributed by atoms with Crippen LogP contribution < -0.4 is 0 Å². The summed E-state index contributed by atoms with van der Waals surface area (Å²) >= 11 is 0. The number of hydrogen-bond acceptors (Lipinski definition) is 4. The zero-order chi connectivity index (χ0) is 11.6. The Kier molecular flexibility index (Phi) is 3.44. The van der Waals surface area contributed by atoms with Gasteiger partial charge in [-0.3, -0.25) is 19.3 Å². The summed E-state index contributed by atoms with van der Waals surface area (Å²) in [6.07, 6.45) is 0. The van der Waals surface area contributed by atoms with Crippen LogP contribution in [0, 0.1) is 11.8 Å². The molecule has 2 atom stereocenters. The molecule has 1 aliphatic heterocycles. The number of rotatable bonds is 3. The average Bonchev–Trinajstić information content (AvgIpc) is 2.11. The highest BCUT2D eigenvalue weighted by Gasteiger charge is 2.42. The van der Waals surface area contributed by atoms with Crippen molar-refractivity contribution in [1.82, 2.24) is 4.90 Å². The second-order valence-electron chi connectivity index (χ2n) is 3.85. The van der Waals surface area contributed by atoms with E-state index in [1.54, 1.807) is 0 Å². The molecule has 0 aromatic carbocycles. The summed E-state index contributed by atoms with van der Waals surface area (Å²) in [4.78, 5) is 34.1. The van der Waals surface area contributed by atoms with Crippen LogP contribution in [0.1, 0.15) is 20.8 Å². The molecule has 0 radical (unpaired) electrons. The highest BCUT2D eigenvalue weighted by atomic mass is 16.5. The summed E-state index contributed by atoms with van der Waals surface area (Å²) in [6.45, 7) is 5.21. The number of likely N-dealkylation sites (tertiary alicyclic amines) is 1. The van der Waals surface area contributed by atoms with Gasteiger partial charge in [-0.1, -0.05) is 6.92 Å². The van der Waals surface area contributed by atoms with Crippen LogP contribution in [0.3, 0.4) is 0 Å². The van der Waals surface area contributed by atoms with E-state index in [0.29, 0.717) is 6.54 Å². The van der Waals surface area contributed by atoms with Crippen molar-refractivity contribution >= 4 is 17.8 Å². The highest BCUT2D eigenvalue weighted by Crippen LogP contribution is 2.25. The topological polar surface area (TPSA) is 63.7 Å². The fraction of sp³-hybridized carbons (Fsp3) is 0.700. The largest absolute Gasteiger partial charge is 0.466 e. The first kappa shape index (κ1) is 11.7. The molecule has 0 N–H and O–H groups in total. The Morgan fingerprint density at radius 2 is 2.13 bits per heavy atom. The van der Waals surface area contributed by atoms with Crippen molar-refractivity contribution in [3.8, 4) is 0 Å². The third-order valence-corrected chi connectivity index (χ3v) is 2.58. The number of carbonyl (C=O) groups is 3. The van der Waals surface area contributed by atoms with Crippen molar-refractivity contribution in [2.24, 2.45) is 11.8 Å². The molecule has 1 aliphatic rings. The molecule has 1 saturated heterocycles. The summed E-state index contributed by atoms with van der Waals surface area (Å²) in [5.74, 6) is -0.958. The van der Waals surface area contributed by atoms with Gasteiger partial charge in [-0.15, -0.1) is 0 Å². The van der Waals surface area contributed by atoms with Crippen LogP contribution in [0.25, 0.3) is 0 Å². The third-order valence-electron chi connectivity index (χ3n) is 2.58. The number of imide groups is 1. The molecule has 2 amide bonds. The summed E-state index contributed by atoms with van der Waals surface area (Å²) < 4.78 is 4.81. The smallest absolute Gasteiger partial charge is 0.302 e. The van der Waals surface area contributed by atoms with Crippen molar-refractivity contribution in [1.29, 1.82) is 0 Å². The Balaban J connectivity index is 2.38. The second kappa shape index (κ2) is 4.42. The fourth-order valence-electron chi connectivity index (χ4n) is 1.52. The minimum atomic E-state index is -0.350. The molecule has 84 valence electrons. The molecule has 1 fully saturated rings. The molecule has 5 heteroatoms. The van der Waals surface area contributed by atoms with Crippen LogP contribution in [-0.2, 0) is 19.1 Å². The number of amides is 2. The Bertz CT molecular complexity index is 300. The first-order chi connectivity index (χ1) is 6.93. The zero-order valence-corrected chi connectivity index (χ0v) is 9.15. The molecule has 0 aromatic heterocycles. The van der Waals surface area contributed by atoms with Crippen LogP contribution >= 0.6 is 0 Å². The Morgan fingerprint density at radius 3 is 2.53 bits per heavy atom. The molecule has 1 heterocycles. The molecule has 5 nitrogen and oxygen atoms in total. The van der Waals surface area contributed by atoms with Crippen LogP contribution in [0.2, 0.25) is 0 Å². The highest BCUT2D eigenvalue weighted by molar-refractivity contribution is 6.00. The van der Waals surface area contributed by atoms with E-state index in [-0.39, 0.29) is 36.2 Å². The third kappa shape index (κ3) is 2.55. The van der Waals surface area contributed by atoms with Gasteiger partial charge >= 0.3 is 5.97 Å². The van der Waals surface area contributed by atoms with E-state index < -0.39 is 0 Å². The second-order valence-corrected chi connectivity index (χ2v) is 3.85. The number of esters is 1. The average molecular weight is 213 g/mol. The van der Waals surface area contributed by atoms with Crippen molar-refractivity contribution in [2.75, 3.05) is 13.2 Å². The Labute approximate surface area is 88.4 Å². The zero-order valence-electron chi connectivity index (χ0n) is 9.15. The van der Waals surface area contributed by atoms with Gasteiger partial charge < -0.3 is 4.74 Å². The lowest BCUT2D eigenvalue weighted by molar-refractivity contribution is -0.162. The van der Waals surface area contributed by atoms with Gasteiger partial charge in [-0.05, 0) is 0 Å². The summed E-state index contributed by atoms with van der Waals surface area (Å²) in [7, 11) is 0. The maximum absolute atomic E-state index is 11.5. The van der Waals surface area contributed by atoms with E-state index in [4.69, 9.17) is 4.74 Å². The normalized spacial score (nSPS) is 21.9. The predicted octanol–water partition coefficient (Wildman–Crippen LogP) is 0.190. The standard InChI is InChI=1S/C10H15NO4/c1-6(5-15-8(3)13)9-4-11(7(2)12)10(9)14/h6,9H,4-5H2,1-3H3/t6-,9-/m1/s1. The molecule has 0 spiro atoms. The first-order valence-corrected chi connectivity index (χ1v) is 4.88. The lowest BCUT2D eigenvalue weighted by atomic mass is 9.86. The summed E-state index contributed by atoms with van der Waals surface area (Å²) in [5, 5.41) is 0. The quantitative estimate of drug-likeness (QED) is 0.496. The van der Waals surface area contributed by atoms with Crippen molar-refractivity contribution in [3.05, 3.63) is 0 Å². The minimum absolute atomic E-state index is 0.0306. The molecular formula is C10H15NO4. The molecule has 1 rings (SSSR count). The van der Waals surface area contributed by atoms with E-state index in [2.05, 4.69) is 0 Å². The molecule has 0 bridgehead atoms. The number of carbonyl (C=O) groups excluding carboxylic acids is 3. The maximum Gasteiger partial charge on any atom is 0.302 e. The predicted molar refractivity (Wildman–Crippen MR) is 51.7 cm³/mol. The van der Waals surface area contributed by atoms with Crippen LogP contribution in [0.4, 0.5) is 0 Å². The number of β-lactam (4-membered cyclic amide) rings is 1. The van der Waals surface area contributed by atoms with E-state index in [1.165, 1.54) is 18.7 Å². The van der Waals surface area contributed by atoms with E-state index in [0.717, 1.165) is 0 Å². The maximum atomic E-state index is 11.5. The Morgan fingerprint density at radius 1 is 1.53 bits per heavy atom. The van der Waals surface area contributed by atoms with Gasteiger partial charge in [0.15, 0.2) is 0 Å². The summed E-state index contributed by atoms with van der Waals surface area (Å²) in [5.41, 5.74) is 0. The molecule has 0 aromatic rings. The lowest BCUT2D eigenvalue weighted by Crippen LogP contribution is -2.57. The van der Waals surface area contributed by atoms with Crippen LogP contribution in [0.15, 0.2) is 0 Å². The fourth-order valence-corrected chi connectivity index (χ4v) is 1.52. The van der Waals surface area contributed by atoms with Gasteiger partial charge in [-0.2, -0.15) is 0 Å². The monoisotopic (exact) mass is 213 g/mol. The van der Waals surface area contributed by atoms with E-state index in [9.17, 15) is 14.4 Å². The number of nitrogens with zero attached hydrogens (tertiary/aromatic N) is 1. The SMILES string of the molecule is CC(=O)OC[C@@H](C)[C@H]1CN(C(C)=O)C1=O. The molecular weight excluding hydrogens is 198 g/mol. The molecule has 0 unspecified atom stereocenters. The van der Waals surface area contributed by atoms with Crippen molar-refractivity contribution < 1.29 is 19.1 Å². The van der Waals surface area contributed by atoms with Gasteiger partial charge in [0.25, 0.3) is 0 Å².